The van der Waals surface area contributed by atoms with Crippen molar-refractivity contribution in [2.75, 3.05) is 19.7 Å². The van der Waals surface area contributed by atoms with Crippen molar-refractivity contribution in [1.82, 2.24) is 15.6 Å². The molecule has 0 amide bonds. The monoisotopic (exact) mass is 412 g/mol. The smallest absolute Gasteiger partial charge is 0.191 e. The molecule has 7 heteroatoms. The van der Waals surface area contributed by atoms with E-state index in [0.29, 0.717) is 13.1 Å². The number of rotatable bonds is 6. The van der Waals surface area contributed by atoms with Gasteiger partial charge in [-0.2, -0.15) is 0 Å². The largest absolute Gasteiger partial charge is 0.396 e. The van der Waals surface area contributed by atoms with E-state index in [-0.39, 0.29) is 36.5 Å². The number of guanidine groups is 1. The Labute approximate surface area is 142 Å². The van der Waals surface area contributed by atoms with Crippen molar-refractivity contribution in [3.63, 3.8) is 0 Å². The van der Waals surface area contributed by atoms with Crippen LogP contribution in [0.25, 0.3) is 0 Å². The predicted molar refractivity (Wildman–Crippen MR) is 96.1 cm³/mol. The number of aromatic nitrogens is 1. The van der Waals surface area contributed by atoms with Gasteiger partial charge in [-0.1, -0.05) is 6.92 Å². The summed E-state index contributed by atoms with van der Waals surface area (Å²) in [6.45, 7) is 10.4. The van der Waals surface area contributed by atoms with Crippen molar-refractivity contribution in [2.45, 2.75) is 34.2 Å². The molecule has 1 heterocycles. The summed E-state index contributed by atoms with van der Waals surface area (Å²) < 4.78 is 0. The number of hydrogen-bond acceptors (Lipinski definition) is 4. The molecule has 0 aliphatic carbocycles. The molecule has 116 valence electrons. The van der Waals surface area contributed by atoms with Gasteiger partial charge < -0.3 is 15.7 Å². The van der Waals surface area contributed by atoms with Crippen molar-refractivity contribution < 1.29 is 5.11 Å². The van der Waals surface area contributed by atoms with Crippen LogP contribution in [0.5, 0.6) is 0 Å². The summed E-state index contributed by atoms with van der Waals surface area (Å²) in [5, 5.41) is 16.5. The number of thiazole rings is 1. The summed E-state index contributed by atoms with van der Waals surface area (Å²) in [6, 6.07) is 0. The SMILES string of the molecule is CCNC(=NCc1sc(C)nc1C)NCC(C)CO.I. The van der Waals surface area contributed by atoms with E-state index in [2.05, 4.69) is 20.6 Å². The van der Waals surface area contributed by atoms with E-state index in [9.17, 15) is 0 Å². The van der Waals surface area contributed by atoms with Crippen LogP contribution in [0.1, 0.15) is 29.4 Å². The van der Waals surface area contributed by atoms with Crippen LogP contribution in [-0.4, -0.2) is 35.7 Å². The first-order valence-electron chi connectivity index (χ1n) is 6.62. The van der Waals surface area contributed by atoms with Crippen molar-refractivity contribution >= 4 is 41.3 Å². The molecule has 1 aromatic heterocycles. The van der Waals surface area contributed by atoms with Crippen LogP contribution in [-0.2, 0) is 6.54 Å². The quantitative estimate of drug-likeness (QED) is 0.380. The molecule has 1 atom stereocenters. The number of aliphatic imine (C=N–C) groups is 1. The molecule has 0 saturated heterocycles. The minimum atomic E-state index is 0. The van der Waals surface area contributed by atoms with Crippen molar-refractivity contribution in [1.29, 1.82) is 0 Å². The molecule has 0 fully saturated rings. The normalized spacial score (nSPS) is 12.8. The molecular weight excluding hydrogens is 387 g/mol. The first-order chi connectivity index (χ1) is 9.06. The van der Waals surface area contributed by atoms with Gasteiger partial charge in [0.2, 0.25) is 0 Å². The Morgan fingerprint density at radius 3 is 2.60 bits per heavy atom. The Bertz CT molecular complexity index is 423. The maximum Gasteiger partial charge on any atom is 0.191 e. The van der Waals surface area contributed by atoms with Crippen molar-refractivity contribution in [2.24, 2.45) is 10.9 Å². The number of nitrogens with zero attached hydrogens (tertiary/aromatic N) is 2. The molecule has 0 aliphatic heterocycles. The lowest BCUT2D eigenvalue weighted by molar-refractivity contribution is 0.238. The molecule has 0 spiro atoms. The maximum atomic E-state index is 9.02. The molecule has 5 nitrogen and oxygen atoms in total. The average Bonchev–Trinajstić information content (AvgIpc) is 2.70. The lowest BCUT2D eigenvalue weighted by atomic mass is 10.2. The number of aliphatic hydroxyl groups is 1. The highest BCUT2D eigenvalue weighted by atomic mass is 127. The van der Waals surface area contributed by atoms with E-state index in [0.717, 1.165) is 23.2 Å². The molecule has 20 heavy (non-hydrogen) atoms. The number of halogens is 1. The van der Waals surface area contributed by atoms with Gasteiger partial charge in [0, 0.05) is 24.6 Å². The maximum absolute atomic E-state index is 9.02. The molecule has 1 rings (SSSR count). The van der Waals surface area contributed by atoms with Gasteiger partial charge in [0.25, 0.3) is 0 Å². The molecular formula is C13H25IN4OS. The highest BCUT2D eigenvalue weighted by molar-refractivity contribution is 14.0. The number of nitrogens with one attached hydrogen (secondary N) is 2. The number of aliphatic hydroxyl groups excluding tert-OH is 1. The molecule has 0 bridgehead atoms. The van der Waals surface area contributed by atoms with Gasteiger partial charge in [0.05, 0.1) is 17.2 Å². The molecule has 0 radical (unpaired) electrons. The standard InChI is InChI=1S/C13H24N4OS.HI/c1-5-14-13(15-6-9(2)8-18)16-7-12-10(3)17-11(4)19-12;/h9,18H,5-8H2,1-4H3,(H2,14,15,16);1H. The Hall–Kier alpha value is -0.410. The van der Waals surface area contributed by atoms with Crippen molar-refractivity contribution in [3.8, 4) is 0 Å². The summed E-state index contributed by atoms with van der Waals surface area (Å²) in [4.78, 5) is 10.1. The molecule has 0 saturated carbocycles. The Morgan fingerprint density at radius 2 is 2.10 bits per heavy atom. The van der Waals surface area contributed by atoms with E-state index < -0.39 is 0 Å². The van der Waals surface area contributed by atoms with Crippen LogP contribution in [0, 0.1) is 19.8 Å². The van der Waals surface area contributed by atoms with E-state index in [4.69, 9.17) is 5.11 Å². The van der Waals surface area contributed by atoms with Gasteiger partial charge in [0.15, 0.2) is 5.96 Å². The minimum Gasteiger partial charge on any atom is -0.396 e. The fraction of sp³-hybridized carbons (Fsp3) is 0.692. The lowest BCUT2D eigenvalue weighted by Crippen LogP contribution is -2.39. The highest BCUT2D eigenvalue weighted by Gasteiger charge is 2.05. The fourth-order valence-electron chi connectivity index (χ4n) is 1.55. The second-order valence-electron chi connectivity index (χ2n) is 4.61. The molecule has 1 unspecified atom stereocenters. The summed E-state index contributed by atoms with van der Waals surface area (Å²) >= 11 is 1.69. The summed E-state index contributed by atoms with van der Waals surface area (Å²) in [6.07, 6.45) is 0. The first-order valence-corrected chi connectivity index (χ1v) is 7.44. The average molecular weight is 412 g/mol. The minimum absolute atomic E-state index is 0. The van der Waals surface area contributed by atoms with Crippen LogP contribution in [0.15, 0.2) is 4.99 Å². The fourth-order valence-corrected chi connectivity index (χ4v) is 2.41. The number of hydrogen-bond donors (Lipinski definition) is 3. The predicted octanol–water partition coefficient (Wildman–Crippen LogP) is 2.06. The highest BCUT2D eigenvalue weighted by Crippen LogP contribution is 2.17. The molecule has 1 aromatic rings. The van der Waals surface area contributed by atoms with E-state index in [1.807, 2.05) is 27.7 Å². The molecule has 3 N–H and O–H groups in total. The summed E-state index contributed by atoms with van der Waals surface area (Å²) in [5.41, 5.74) is 1.06. The van der Waals surface area contributed by atoms with Crippen LogP contribution in [0.4, 0.5) is 0 Å². The van der Waals surface area contributed by atoms with Crippen LogP contribution >= 0.6 is 35.3 Å². The third kappa shape index (κ3) is 6.85. The Kier molecular flexibility index (Phi) is 10.1. The van der Waals surface area contributed by atoms with Gasteiger partial charge in [0.1, 0.15) is 0 Å². The lowest BCUT2D eigenvalue weighted by Gasteiger charge is -2.13. The Morgan fingerprint density at radius 1 is 1.40 bits per heavy atom. The van der Waals surface area contributed by atoms with Gasteiger partial charge in [-0.3, -0.25) is 0 Å². The van der Waals surface area contributed by atoms with Crippen molar-refractivity contribution in [3.05, 3.63) is 15.6 Å². The van der Waals surface area contributed by atoms with E-state index in [1.165, 1.54) is 4.88 Å². The zero-order valence-electron chi connectivity index (χ0n) is 12.6. The first kappa shape index (κ1) is 19.6. The zero-order valence-corrected chi connectivity index (χ0v) is 15.7. The third-order valence-electron chi connectivity index (χ3n) is 2.65. The summed E-state index contributed by atoms with van der Waals surface area (Å²) in [7, 11) is 0. The van der Waals surface area contributed by atoms with Gasteiger partial charge in [-0.25, -0.2) is 9.98 Å². The Balaban J connectivity index is 0.00000361. The van der Waals surface area contributed by atoms with Crippen LogP contribution in [0.3, 0.4) is 0 Å². The second kappa shape index (κ2) is 10.3. The van der Waals surface area contributed by atoms with E-state index in [1.54, 1.807) is 11.3 Å². The van der Waals surface area contributed by atoms with Crippen LogP contribution in [0.2, 0.25) is 0 Å². The molecule has 0 aromatic carbocycles. The van der Waals surface area contributed by atoms with Crippen LogP contribution < -0.4 is 10.6 Å². The van der Waals surface area contributed by atoms with E-state index >= 15 is 0 Å². The summed E-state index contributed by atoms with van der Waals surface area (Å²) in [5.74, 6) is 1.00. The van der Waals surface area contributed by atoms with Gasteiger partial charge in [-0.15, -0.1) is 35.3 Å². The zero-order chi connectivity index (χ0) is 14.3. The third-order valence-corrected chi connectivity index (χ3v) is 3.71. The molecule has 0 aliphatic rings. The second-order valence-corrected chi connectivity index (χ2v) is 5.89. The number of aryl methyl sites for hydroxylation is 2. The van der Waals surface area contributed by atoms with Gasteiger partial charge >= 0.3 is 0 Å². The van der Waals surface area contributed by atoms with Gasteiger partial charge in [-0.05, 0) is 26.7 Å². The topological polar surface area (TPSA) is 69.5 Å².